The van der Waals surface area contributed by atoms with Gasteiger partial charge < -0.3 is 15.2 Å². The molecule has 152 valence electrons. The number of halogens is 2. The Labute approximate surface area is 181 Å². The quantitative estimate of drug-likeness (QED) is 0.578. The molecular formula is C23H25Cl2N3O. The number of likely N-dealkylation sites (tertiary alicyclic amines) is 1. The van der Waals surface area contributed by atoms with Crippen LogP contribution in [-0.2, 0) is 11.2 Å². The average Bonchev–Trinajstić information content (AvgIpc) is 3.13. The second-order valence-corrected chi connectivity index (χ2v) is 8.51. The number of amides is 1. The lowest BCUT2D eigenvalue weighted by Crippen LogP contribution is -2.39. The molecule has 4 rings (SSSR count). The summed E-state index contributed by atoms with van der Waals surface area (Å²) in [6.45, 7) is 3.62. The fraction of sp³-hybridized carbons (Fsp3) is 0.348. The number of benzene rings is 2. The van der Waals surface area contributed by atoms with Crippen LogP contribution in [0.5, 0.6) is 0 Å². The fourth-order valence-corrected chi connectivity index (χ4v) is 4.38. The summed E-state index contributed by atoms with van der Waals surface area (Å²) in [4.78, 5) is 18.0. The molecule has 29 heavy (non-hydrogen) atoms. The first-order chi connectivity index (χ1) is 14.1. The van der Waals surface area contributed by atoms with Crippen LogP contribution in [0.25, 0.3) is 10.9 Å². The van der Waals surface area contributed by atoms with Crippen LogP contribution in [0, 0.1) is 0 Å². The smallest absolute Gasteiger partial charge is 0.225 e. The molecule has 0 saturated carbocycles. The third-order valence-corrected chi connectivity index (χ3v) is 6.43. The monoisotopic (exact) mass is 429 g/mol. The van der Waals surface area contributed by atoms with Crippen LogP contribution in [0.3, 0.4) is 0 Å². The molecule has 2 aromatic carbocycles. The largest absolute Gasteiger partial charge is 0.358 e. The van der Waals surface area contributed by atoms with Crippen molar-refractivity contribution in [1.29, 1.82) is 0 Å². The van der Waals surface area contributed by atoms with Crippen molar-refractivity contribution in [3.8, 4) is 0 Å². The zero-order valence-corrected chi connectivity index (χ0v) is 17.8. The van der Waals surface area contributed by atoms with E-state index in [4.69, 9.17) is 23.2 Å². The van der Waals surface area contributed by atoms with Crippen molar-refractivity contribution in [1.82, 2.24) is 15.2 Å². The Hall–Kier alpha value is -2.01. The Balaban J connectivity index is 1.19. The second kappa shape index (κ2) is 9.21. The molecule has 1 amide bonds. The number of aromatic nitrogens is 1. The van der Waals surface area contributed by atoms with E-state index in [9.17, 15) is 4.79 Å². The minimum Gasteiger partial charge on any atom is -0.358 e. The van der Waals surface area contributed by atoms with Crippen molar-refractivity contribution in [2.75, 3.05) is 26.2 Å². The highest BCUT2D eigenvalue weighted by Gasteiger charge is 2.21. The van der Waals surface area contributed by atoms with E-state index < -0.39 is 0 Å². The molecule has 0 bridgehead atoms. The van der Waals surface area contributed by atoms with Gasteiger partial charge in [-0.05, 0) is 67.1 Å². The first kappa shape index (κ1) is 20.3. The maximum atomic E-state index is 12.3. The van der Waals surface area contributed by atoms with Gasteiger partial charge in [0.1, 0.15) is 0 Å². The molecule has 0 atom stereocenters. The summed E-state index contributed by atoms with van der Waals surface area (Å²) in [6.07, 6.45) is 2.58. The Kier molecular flexibility index (Phi) is 6.43. The number of aromatic amines is 1. The lowest BCUT2D eigenvalue weighted by atomic mass is 9.89. The zero-order valence-electron chi connectivity index (χ0n) is 16.3. The van der Waals surface area contributed by atoms with Crippen LogP contribution in [0.4, 0.5) is 0 Å². The summed E-state index contributed by atoms with van der Waals surface area (Å²) in [6, 6.07) is 16.1. The molecule has 2 N–H and O–H groups in total. The number of para-hydroxylation sites is 1. The van der Waals surface area contributed by atoms with Gasteiger partial charge in [0.15, 0.2) is 0 Å². The van der Waals surface area contributed by atoms with Crippen molar-refractivity contribution in [2.24, 2.45) is 0 Å². The van der Waals surface area contributed by atoms with Gasteiger partial charge in [-0.15, -0.1) is 0 Å². The molecule has 6 heteroatoms. The van der Waals surface area contributed by atoms with Crippen molar-refractivity contribution in [3.05, 3.63) is 69.8 Å². The van der Waals surface area contributed by atoms with Crippen LogP contribution < -0.4 is 5.32 Å². The van der Waals surface area contributed by atoms with Crippen LogP contribution in [0.1, 0.15) is 30.0 Å². The fourth-order valence-electron chi connectivity index (χ4n) is 4.07. The number of hydrogen-bond donors (Lipinski definition) is 2. The van der Waals surface area contributed by atoms with Gasteiger partial charge in [0, 0.05) is 24.3 Å². The molecule has 0 radical (unpaired) electrons. The molecule has 0 aliphatic carbocycles. The molecule has 1 aromatic heterocycles. The van der Waals surface area contributed by atoms with Gasteiger partial charge >= 0.3 is 0 Å². The Morgan fingerprint density at radius 3 is 2.62 bits per heavy atom. The first-order valence-electron chi connectivity index (χ1n) is 10.1. The van der Waals surface area contributed by atoms with Crippen LogP contribution >= 0.6 is 23.2 Å². The van der Waals surface area contributed by atoms with Gasteiger partial charge in [0.2, 0.25) is 5.91 Å². The van der Waals surface area contributed by atoms with Gasteiger partial charge in [-0.25, -0.2) is 0 Å². The average molecular weight is 430 g/mol. The lowest BCUT2D eigenvalue weighted by Gasteiger charge is -2.32. The van der Waals surface area contributed by atoms with Crippen molar-refractivity contribution >= 4 is 40.0 Å². The zero-order chi connectivity index (χ0) is 20.2. The number of carbonyl (C=O) groups is 1. The van der Waals surface area contributed by atoms with Crippen LogP contribution in [0.15, 0.2) is 48.5 Å². The van der Waals surface area contributed by atoms with E-state index in [1.54, 1.807) is 0 Å². The molecule has 2 heterocycles. The van der Waals surface area contributed by atoms with E-state index in [-0.39, 0.29) is 5.91 Å². The summed E-state index contributed by atoms with van der Waals surface area (Å²) < 4.78 is 0. The number of rotatable bonds is 6. The maximum Gasteiger partial charge on any atom is 0.225 e. The third-order valence-electron chi connectivity index (χ3n) is 5.69. The summed E-state index contributed by atoms with van der Waals surface area (Å²) in [7, 11) is 0. The van der Waals surface area contributed by atoms with E-state index in [1.165, 1.54) is 5.56 Å². The molecule has 1 aliphatic rings. The number of nitrogens with one attached hydrogen (secondary N) is 2. The third kappa shape index (κ3) is 5.13. The number of fused-ring (bicyclic) bond motifs is 1. The van der Waals surface area contributed by atoms with Crippen molar-refractivity contribution in [3.63, 3.8) is 0 Å². The molecule has 1 aliphatic heterocycles. The van der Waals surface area contributed by atoms with Gasteiger partial charge in [0.05, 0.1) is 16.5 Å². The van der Waals surface area contributed by atoms with E-state index in [1.807, 2.05) is 36.4 Å². The highest BCUT2D eigenvalue weighted by Crippen LogP contribution is 2.32. The SMILES string of the molecule is O=C(Cc1cc2ccccc2[nH]1)NCCN1CCC(c2ccc(Cl)c(Cl)c2)CC1. The van der Waals surface area contributed by atoms with Gasteiger partial charge in [-0.2, -0.15) is 0 Å². The lowest BCUT2D eigenvalue weighted by molar-refractivity contribution is -0.120. The summed E-state index contributed by atoms with van der Waals surface area (Å²) in [5, 5.41) is 5.42. The van der Waals surface area contributed by atoms with Gasteiger partial charge in [-0.1, -0.05) is 47.5 Å². The molecule has 1 saturated heterocycles. The second-order valence-electron chi connectivity index (χ2n) is 7.70. The molecule has 0 spiro atoms. The molecule has 0 unspecified atom stereocenters. The molecule has 4 nitrogen and oxygen atoms in total. The van der Waals surface area contributed by atoms with Crippen LogP contribution in [0.2, 0.25) is 10.0 Å². The topological polar surface area (TPSA) is 48.1 Å². The van der Waals surface area contributed by atoms with E-state index in [0.717, 1.165) is 49.1 Å². The predicted octanol–water partition coefficient (Wildman–Crippen LogP) is 5.01. The minimum absolute atomic E-state index is 0.0576. The molecule has 3 aromatic rings. The van der Waals surface area contributed by atoms with Gasteiger partial charge in [-0.3, -0.25) is 4.79 Å². The Bertz CT molecular complexity index is 960. The maximum absolute atomic E-state index is 12.3. The van der Waals surface area contributed by atoms with E-state index >= 15 is 0 Å². The van der Waals surface area contributed by atoms with E-state index in [0.29, 0.717) is 28.9 Å². The predicted molar refractivity (Wildman–Crippen MR) is 120 cm³/mol. The van der Waals surface area contributed by atoms with Crippen LogP contribution in [-0.4, -0.2) is 42.0 Å². The number of hydrogen-bond acceptors (Lipinski definition) is 2. The summed E-state index contributed by atoms with van der Waals surface area (Å²) in [5.74, 6) is 0.583. The summed E-state index contributed by atoms with van der Waals surface area (Å²) in [5.41, 5.74) is 3.29. The highest BCUT2D eigenvalue weighted by molar-refractivity contribution is 6.42. The van der Waals surface area contributed by atoms with E-state index in [2.05, 4.69) is 27.3 Å². The summed E-state index contributed by atoms with van der Waals surface area (Å²) >= 11 is 12.2. The Morgan fingerprint density at radius 2 is 1.86 bits per heavy atom. The standard InChI is InChI=1S/C23H25Cl2N3O/c24-20-6-5-17(14-21(20)25)16-7-10-28(11-8-16)12-9-26-23(29)15-19-13-18-3-1-2-4-22(18)27-19/h1-6,13-14,16,27H,7-12,15H2,(H,26,29). The number of nitrogens with zero attached hydrogens (tertiary/aromatic N) is 1. The number of piperidine rings is 1. The number of carbonyl (C=O) groups excluding carboxylic acids is 1. The van der Waals surface area contributed by atoms with Crippen molar-refractivity contribution in [2.45, 2.75) is 25.2 Å². The first-order valence-corrected chi connectivity index (χ1v) is 10.8. The van der Waals surface area contributed by atoms with Gasteiger partial charge in [0.25, 0.3) is 0 Å². The molecule has 1 fully saturated rings. The number of H-pyrrole nitrogens is 1. The van der Waals surface area contributed by atoms with Crippen molar-refractivity contribution < 1.29 is 4.79 Å². The minimum atomic E-state index is 0.0576. The normalized spacial score (nSPS) is 15.7. The highest BCUT2D eigenvalue weighted by atomic mass is 35.5. The Morgan fingerprint density at radius 1 is 1.07 bits per heavy atom. The molecular weight excluding hydrogens is 405 g/mol.